The zero-order chi connectivity index (χ0) is 11.6. The van der Waals surface area contributed by atoms with Gasteiger partial charge in [-0.2, -0.15) is 0 Å². The van der Waals surface area contributed by atoms with E-state index in [9.17, 15) is 13.5 Å². The van der Waals surface area contributed by atoms with Crippen LogP contribution in [0.25, 0.3) is 0 Å². The van der Waals surface area contributed by atoms with Gasteiger partial charge in [-0.25, -0.2) is 13.1 Å². The molecule has 1 aliphatic carbocycles. The lowest BCUT2D eigenvalue weighted by Gasteiger charge is -2.27. The molecule has 1 fully saturated rings. The number of H-pyrrole nitrogens is 1. The maximum absolute atomic E-state index is 11.9. The second-order valence-electron chi connectivity index (χ2n) is 4.13. The van der Waals surface area contributed by atoms with Crippen molar-refractivity contribution < 1.29 is 13.5 Å². The molecule has 6 heteroatoms. The van der Waals surface area contributed by atoms with Crippen molar-refractivity contribution in [2.45, 2.75) is 42.7 Å². The molecule has 1 aromatic heterocycles. The number of aromatic nitrogens is 1. The van der Waals surface area contributed by atoms with E-state index in [1.165, 1.54) is 12.3 Å². The highest BCUT2D eigenvalue weighted by molar-refractivity contribution is 7.89. The summed E-state index contributed by atoms with van der Waals surface area (Å²) >= 11 is 0. The smallest absolute Gasteiger partial charge is 0.242 e. The van der Waals surface area contributed by atoms with Gasteiger partial charge in [-0.05, 0) is 18.9 Å². The molecule has 2 rings (SSSR count). The molecule has 1 saturated carbocycles. The zero-order valence-corrected chi connectivity index (χ0v) is 9.70. The van der Waals surface area contributed by atoms with Gasteiger partial charge in [0, 0.05) is 18.4 Å². The van der Waals surface area contributed by atoms with Crippen LogP contribution < -0.4 is 4.72 Å². The second kappa shape index (κ2) is 4.57. The molecule has 0 aliphatic heterocycles. The Hall–Kier alpha value is -0.850. The largest absolute Gasteiger partial charge is 0.391 e. The molecule has 2 atom stereocenters. The molecular formula is C10H16N2O3S. The fraction of sp³-hybridized carbons (Fsp3) is 0.600. The molecule has 0 spiro atoms. The molecule has 0 saturated heterocycles. The molecule has 1 aliphatic rings. The van der Waals surface area contributed by atoms with E-state index in [4.69, 9.17) is 0 Å². The molecule has 0 aromatic carbocycles. The normalized spacial score (nSPS) is 26.8. The minimum absolute atomic E-state index is 0.213. The summed E-state index contributed by atoms with van der Waals surface area (Å²) < 4.78 is 26.3. The minimum atomic E-state index is -3.49. The van der Waals surface area contributed by atoms with E-state index in [0.29, 0.717) is 12.8 Å². The van der Waals surface area contributed by atoms with Gasteiger partial charge in [-0.3, -0.25) is 0 Å². The average molecular weight is 244 g/mol. The summed E-state index contributed by atoms with van der Waals surface area (Å²) in [4.78, 5) is 2.92. The second-order valence-corrected chi connectivity index (χ2v) is 5.84. The molecule has 16 heavy (non-hydrogen) atoms. The number of aliphatic hydroxyl groups is 1. The Balaban J connectivity index is 2.09. The van der Waals surface area contributed by atoms with Gasteiger partial charge < -0.3 is 10.1 Å². The van der Waals surface area contributed by atoms with E-state index in [1.807, 2.05) is 0 Å². The number of sulfonamides is 1. The van der Waals surface area contributed by atoms with Crippen molar-refractivity contribution in [2.75, 3.05) is 0 Å². The minimum Gasteiger partial charge on any atom is -0.391 e. The summed E-state index contributed by atoms with van der Waals surface area (Å²) in [6.07, 6.45) is 5.71. The van der Waals surface area contributed by atoms with Crippen LogP contribution in [0.1, 0.15) is 25.7 Å². The Morgan fingerprint density at radius 1 is 1.38 bits per heavy atom. The molecule has 90 valence electrons. The van der Waals surface area contributed by atoms with E-state index >= 15 is 0 Å². The first kappa shape index (κ1) is 11.6. The van der Waals surface area contributed by atoms with Crippen LogP contribution in [0.3, 0.4) is 0 Å². The fourth-order valence-corrected chi connectivity index (χ4v) is 3.27. The number of hydrogen-bond acceptors (Lipinski definition) is 3. The third kappa shape index (κ3) is 2.45. The molecule has 5 nitrogen and oxygen atoms in total. The molecular weight excluding hydrogens is 228 g/mol. The molecule has 3 N–H and O–H groups in total. The monoisotopic (exact) mass is 244 g/mol. The number of aromatic amines is 1. The first-order valence-electron chi connectivity index (χ1n) is 5.43. The Morgan fingerprint density at radius 3 is 2.75 bits per heavy atom. The van der Waals surface area contributed by atoms with Crippen molar-refractivity contribution in [3.05, 3.63) is 18.5 Å². The topological polar surface area (TPSA) is 82.2 Å². The van der Waals surface area contributed by atoms with Crippen molar-refractivity contribution in [3.8, 4) is 0 Å². The number of hydrogen-bond donors (Lipinski definition) is 3. The van der Waals surface area contributed by atoms with E-state index in [1.54, 1.807) is 6.20 Å². The van der Waals surface area contributed by atoms with Crippen molar-refractivity contribution in [1.82, 2.24) is 9.71 Å². The van der Waals surface area contributed by atoms with E-state index in [-0.39, 0.29) is 10.9 Å². The highest BCUT2D eigenvalue weighted by atomic mass is 32.2. The predicted octanol–water partition coefficient (Wildman–Crippen LogP) is 0.596. The van der Waals surface area contributed by atoms with Gasteiger partial charge in [0.15, 0.2) is 0 Å². The summed E-state index contributed by atoms with van der Waals surface area (Å²) in [5, 5.41) is 9.70. The van der Waals surface area contributed by atoms with E-state index in [0.717, 1.165) is 12.8 Å². The van der Waals surface area contributed by atoms with Crippen LogP contribution in [-0.2, 0) is 10.0 Å². The summed E-state index contributed by atoms with van der Waals surface area (Å²) in [6, 6.07) is 1.14. The lowest BCUT2D eigenvalue weighted by atomic mass is 9.93. The third-order valence-corrected chi connectivity index (χ3v) is 4.40. The summed E-state index contributed by atoms with van der Waals surface area (Å²) in [7, 11) is -3.49. The Bertz CT molecular complexity index is 427. The maximum Gasteiger partial charge on any atom is 0.242 e. The number of nitrogens with one attached hydrogen (secondary N) is 2. The number of rotatable bonds is 3. The standard InChI is InChI=1S/C10H16N2O3S/c13-10-4-2-1-3-9(10)12-16(14,15)8-5-6-11-7-8/h5-7,9-13H,1-4H2/t9-,10-/m1/s1. The maximum atomic E-state index is 11.9. The van der Waals surface area contributed by atoms with Gasteiger partial charge in [0.25, 0.3) is 0 Å². The van der Waals surface area contributed by atoms with Crippen LogP contribution >= 0.6 is 0 Å². The van der Waals surface area contributed by atoms with Gasteiger partial charge >= 0.3 is 0 Å². The van der Waals surface area contributed by atoms with Gasteiger partial charge in [0.1, 0.15) is 0 Å². The Labute approximate surface area is 94.9 Å². The van der Waals surface area contributed by atoms with Gasteiger partial charge in [0.05, 0.1) is 11.0 Å². The van der Waals surface area contributed by atoms with Crippen LogP contribution in [0.2, 0.25) is 0 Å². The summed E-state index contributed by atoms with van der Waals surface area (Å²) in [5.74, 6) is 0. The summed E-state index contributed by atoms with van der Waals surface area (Å²) in [5.41, 5.74) is 0. The zero-order valence-electron chi connectivity index (χ0n) is 8.89. The van der Waals surface area contributed by atoms with Crippen molar-refractivity contribution >= 4 is 10.0 Å². The lowest BCUT2D eigenvalue weighted by molar-refractivity contribution is 0.101. The van der Waals surface area contributed by atoms with Crippen LogP contribution in [0, 0.1) is 0 Å². The molecule has 1 heterocycles. The Kier molecular flexibility index (Phi) is 3.32. The first-order valence-corrected chi connectivity index (χ1v) is 6.91. The molecule has 0 radical (unpaired) electrons. The molecule has 0 unspecified atom stereocenters. The fourth-order valence-electron chi connectivity index (χ4n) is 1.99. The Morgan fingerprint density at radius 2 is 2.12 bits per heavy atom. The molecule has 0 bridgehead atoms. The first-order chi connectivity index (χ1) is 7.59. The summed E-state index contributed by atoms with van der Waals surface area (Å²) in [6.45, 7) is 0. The van der Waals surface area contributed by atoms with E-state index in [2.05, 4.69) is 9.71 Å². The van der Waals surface area contributed by atoms with E-state index < -0.39 is 16.1 Å². The van der Waals surface area contributed by atoms with Crippen molar-refractivity contribution in [3.63, 3.8) is 0 Å². The molecule has 1 aromatic rings. The highest BCUT2D eigenvalue weighted by Crippen LogP contribution is 2.20. The van der Waals surface area contributed by atoms with Gasteiger partial charge in [-0.15, -0.1) is 0 Å². The van der Waals surface area contributed by atoms with Crippen LogP contribution in [0.4, 0.5) is 0 Å². The number of aliphatic hydroxyl groups excluding tert-OH is 1. The van der Waals surface area contributed by atoms with Gasteiger partial charge in [-0.1, -0.05) is 12.8 Å². The average Bonchev–Trinajstić information content (AvgIpc) is 2.75. The third-order valence-electron chi connectivity index (χ3n) is 2.92. The molecule has 0 amide bonds. The van der Waals surface area contributed by atoms with Crippen LogP contribution in [0.15, 0.2) is 23.4 Å². The van der Waals surface area contributed by atoms with Crippen molar-refractivity contribution in [1.29, 1.82) is 0 Å². The quantitative estimate of drug-likeness (QED) is 0.728. The lowest BCUT2D eigenvalue weighted by Crippen LogP contribution is -2.44. The predicted molar refractivity (Wildman–Crippen MR) is 59.4 cm³/mol. The highest BCUT2D eigenvalue weighted by Gasteiger charge is 2.28. The van der Waals surface area contributed by atoms with Crippen LogP contribution in [-0.4, -0.2) is 30.7 Å². The van der Waals surface area contributed by atoms with Crippen molar-refractivity contribution in [2.24, 2.45) is 0 Å². The SMILES string of the molecule is O=S(=O)(N[C@@H]1CCCC[C@H]1O)c1cc[nH]c1. The van der Waals surface area contributed by atoms with Gasteiger partial charge in [0.2, 0.25) is 10.0 Å². The van der Waals surface area contributed by atoms with Crippen LogP contribution in [0.5, 0.6) is 0 Å².